The third-order valence-electron chi connectivity index (χ3n) is 3.24. The molecule has 0 saturated carbocycles. The van der Waals surface area contributed by atoms with E-state index in [9.17, 15) is 9.59 Å². The molecule has 7 heteroatoms. The SMILES string of the molecule is Cc1cn2cc(C(=O)N3CCN(C=O)CC3)nc2s1. The highest BCUT2D eigenvalue weighted by Gasteiger charge is 2.23. The van der Waals surface area contributed by atoms with Gasteiger partial charge in [-0.2, -0.15) is 0 Å². The van der Waals surface area contributed by atoms with Crippen molar-refractivity contribution < 1.29 is 9.59 Å². The van der Waals surface area contributed by atoms with E-state index in [1.54, 1.807) is 27.3 Å². The summed E-state index contributed by atoms with van der Waals surface area (Å²) in [5.74, 6) is -0.0564. The van der Waals surface area contributed by atoms with Gasteiger partial charge < -0.3 is 9.80 Å². The molecule has 0 aliphatic carbocycles. The number of carbonyl (C=O) groups excluding carboxylic acids is 2. The van der Waals surface area contributed by atoms with Crippen LogP contribution < -0.4 is 0 Å². The molecule has 1 aliphatic heterocycles. The number of fused-ring (bicyclic) bond motifs is 1. The Morgan fingerprint density at radius 2 is 2.05 bits per heavy atom. The highest BCUT2D eigenvalue weighted by atomic mass is 32.1. The summed E-state index contributed by atoms with van der Waals surface area (Å²) in [6.07, 6.45) is 4.57. The molecule has 0 bridgehead atoms. The number of hydrogen-bond acceptors (Lipinski definition) is 4. The summed E-state index contributed by atoms with van der Waals surface area (Å²) in [6, 6.07) is 0. The van der Waals surface area contributed by atoms with Crippen molar-refractivity contribution in [2.45, 2.75) is 6.92 Å². The maximum atomic E-state index is 12.3. The van der Waals surface area contributed by atoms with Gasteiger partial charge in [-0.1, -0.05) is 0 Å². The van der Waals surface area contributed by atoms with Gasteiger partial charge in [0.05, 0.1) is 0 Å². The van der Waals surface area contributed by atoms with Crippen LogP contribution in [0.15, 0.2) is 12.4 Å². The second kappa shape index (κ2) is 4.65. The Balaban J connectivity index is 1.76. The lowest BCUT2D eigenvalue weighted by Gasteiger charge is -2.32. The van der Waals surface area contributed by atoms with Gasteiger partial charge in [-0.3, -0.25) is 14.0 Å². The molecule has 19 heavy (non-hydrogen) atoms. The molecule has 6 nitrogen and oxygen atoms in total. The fourth-order valence-electron chi connectivity index (χ4n) is 2.21. The van der Waals surface area contributed by atoms with Gasteiger partial charge >= 0.3 is 0 Å². The molecule has 0 atom stereocenters. The quantitative estimate of drug-likeness (QED) is 0.757. The summed E-state index contributed by atoms with van der Waals surface area (Å²) < 4.78 is 1.88. The van der Waals surface area contributed by atoms with E-state index in [2.05, 4.69) is 4.98 Å². The molecule has 1 fully saturated rings. The third-order valence-corrected chi connectivity index (χ3v) is 4.15. The third kappa shape index (κ3) is 2.21. The maximum absolute atomic E-state index is 12.3. The van der Waals surface area contributed by atoms with Gasteiger partial charge in [0, 0.05) is 43.4 Å². The molecule has 1 aliphatic rings. The van der Waals surface area contributed by atoms with Crippen molar-refractivity contribution in [1.82, 2.24) is 19.2 Å². The first-order valence-electron chi connectivity index (χ1n) is 6.11. The molecule has 2 aromatic heterocycles. The van der Waals surface area contributed by atoms with Gasteiger partial charge in [0.1, 0.15) is 5.69 Å². The van der Waals surface area contributed by atoms with Gasteiger partial charge in [-0.15, -0.1) is 11.3 Å². The molecule has 3 rings (SSSR count). The molecule has 3 heterocycles. The first-order chi connectivity index (χ1) is 9.17. The van der Waals surface area contributed by atoms with E-state index in [-0.39, 0.29) is 5.91 Å². The summed E-state index contributed by atoms with van der Waals surface area (Å²) in [5, 5.41) is 0. The fourth-order valence-corrected chi connectivity index (χ4v) is 3.02. The second-order valence-electron chi connectivity index (χ2n) is 4.59. The van der Waals surface area contributed by atoms with E-state index < -0.39 is 0 Å². The highest BCUT2D eigenvalue weighted by Crippen LogP contribution is 2.17. The average Bonchev–Trinajstić information content (AvgIpc) is 2.95. The lowest BCUT2D eigenvalue weighted by atomic mass is 10.3. The van der Waals surface area contributed by atoms with Crippen molar-refractivity contribution in [1.29, 1.82) is 0 Å². The first kappa shape index (κ1) is 12.2. The lowest BCUT2D eigenvalue weighted by Crippen LogP contribution is -2.48. The van der Waals surface area contributed by atoms with E-state index in [4.69, 9.17) is 0 Å². The van der Waals surface area contributed by atoms with Crippen molar-refractivity contribution >= 4 is 28.6 Å². The predicted octanol–water partition coefficient (Wildman–Crippen LogP) is 0.618. The van der Waals surface area contributed by atoms with Crippen LogP contribution in [-0.2, 0) is 4.79 Å². The highest BCUT2D eigenvalue weighted by molar-refractivity contribution is 7.17. The molecule has 2 aromatic rings. The Hall–Kier alpha value is -1.89. The minimum Gasteiger partial charge on any atom is -0.342 e. The Morgan fingerprint density at radius 3 is 2.68 bits per heavy atom. The normalized spacial score (nSPS) is 16.1. The zero-order chi connectivity index (χ0) is 13.4. The summed E-state index contributed by atoms with van der Waals surface area (Å²) in [4.78, 5) is 32.7. The van der Waals surface area contributed by atoms with Crippen molar-refractivity contribution in [2.75, 3.05) is 26.2 Å². The number of thiazole rings is 1. The Morgan fingerprint density at radius 1 is 1.32 bits per heavy atom. The van der Waals surface area contributed by atoms with E-state index in [0.717, 1.165) is 11.4 Å². The minimum absolute atomic E-state index is 0.0564. The van der Waals surface area contributed by atoms with Crippen molar-refractivity contribution in [3.05, 3.63) is 23.0 Å². The van der Waals surface area contributed by atoms with E-state index in [1.165, 1.54) is 4.88 Å². The van der Waals surface area contributed by atoms with E-state index in [1.807, 2.05) is 17.5 Å². The van der Waals surface area contributed by atoms with Crippen LogP contribution in [0.2, 0.25) is 0 Å². The molecular formula is C12H14N4O2S. The number of rotatable bonds is 2. The number of imidazole rings is 1. The number of hydrogen-bond donors (Lipinski definition) is 0. The molecule has 1 saturated heterocycles. The van der Waals surface area contributed by atoms with Gasteiger partial charge in [0.2, 0.25) is 6.41 Å². The van der Waals surface area contributed by atoms with Crippen LogP contribution in [0.1, 0.15) is 15.4 Å². The largest absolute Gasteiger partial charge is 0.342 e. The van der Waals surface area contributed by atoms with Crippen molar-refractivity contribution in [2.24, 2.45) is 0 Å². The maximum Gasteiger partial charge on any atom is 0.274 e. The Labute approximate surface area is 114 Å². The smallest absolute Gasteiger partial charge is 0.274 e. The van der Waals surface area contributed by atoms with Crippen LogP contribution in [0, 0.1) is 6.92 Å². The Kier molecular flexibility index (Phi) is 2.98. The summed E-state index contributed by atoms with van der Waals surface area (Å²) in [7, 11) is 0. The number of amides is 2. The Bertz CT molecular complexity index is 593. The monoisotopic (exact) mass is 278 g/mol. The lowest BCUT2D eigenvalue weighted by molar-refractivity contribution is -0.119. The summed E-state index contributed by atoms with van der Waals surface area (Å²) in [6.45, 7) is 4.34. The van der Waals surface area contributed by atoms with E-state index in [0.29, 0.717) is 31.9 Å². The number of nitrogens with zero attached hydrogens (tertiary/aromatic N) is 4. The minimum atomic E-state index is -0.0564. The van der Waals surface area contributed by atoms with Crippen molar-refractivity contribution in [3.8, 4) is 0 Å². The molecule has 0 unspecified atom stereocenters. The molecule has 0 aromatic carbocycles. The molecule has 2 amide bonds. The van der Waals surface area contributed by atoms with Gasteiger partial charge in [0.25, 0.3) is 5.91 Å². The van der Waals surface area contributed by atoms with Crippen LogP contribution >= 0.6 is 11.3 Å². The second-order valence-corrected chi connectivity index (χ2v) is 5.80. The number of piperazine rings is 1. The van der Waals surface area contributed by atoms with Crippen LogP contribution in [0.3, 0.4) is 0 Å². The zero-order valence-electron chi connectivity index (χ0n) is 10.6. The summed E-state index contributed by atoms with van der Waals surface area (Å²) >= 11 is 1.57. The predicted molar refractivity (Wildman–Crippen MR) is 71.3 cm³/mol. The van der Waals surface area contributed by atoms with Gasteiger partial charge in [0.15, 0.2) is 4.96 Å². The van der Waals surface area contributed by atoms with Crippen LogP contribution in [0.4, 0.5) is 0 Å². The van der Waals surface area contributed by atoms with Crippen molar-refractivity contribution in [3.63, 3.8) is 0 Å². The topological polar surface area (TPSA) is 57.9 Å². The average molecular weight is 278 g/mol. The molecule has 0 N–H and O–H groups in total. The first-order valence-corrected chi connectivity index (χ1v) is 6.93. The molecule has 0 spiro atoms. The van der Waals surface area contributed by atoms with Crippen LogP contribution in [-0.4, -0.2) is 57.7 Å². The number of carbonyl (C=O) groups is 2. The standard InChI is InChI=1S/C12H14N4O2S/c1-9-6-16-7-10(13-12(16)19-9)11(18)15-4-2-14(8-17)3-5-15/h6-8H,2-5H2,1H3. The van der Waals surface area contributed by atoms with Crippen LogP contribution in [0.25, 0.3) is 4.96 Å². The fraction of sp³-hybridized carbons (Fsp3) is 0.417. The molecular weight excluding hydrogens is 264 g/mol. The molecule has 100 valence electrons. The van der Waals surface area contributed by atoms with E-state index >= 15 is 0 Å². The van der Waals surface area contributed by atoms with Crippen LogP contribution in [0.5, 0.6) is 0 Å². The van der Waals surface area contributed by atoms with Gasteiger partial charge in [-0.05, 0) is 6.92 Å². The number of aryl methyl sites for hydroxylation is 1. The molecule has 0 radical (unpaired) electrons. The zero-order valence-corrected chi connectivity index (χ0v) is 11.4. The summed E-state index contributed by atoms with van der Waals surface area (Å²) in [5.41, 5.74) is 0.478. The number of aromatic nitrogens is 2. The van der Waals surface area contributed by atoms with Gasteiger partial charge in [-0.25, -0.2) is 4.98 Å².